The van der Waals surface area contributed by atoms with Gasteiger partial charge in [0, 0.05) is 0 Å². The van der Waals surface area contributed by atoms with Crippen LogP contribution >= 0.6 is 0 Å². The van der Waals surface area contributed by atoms with Gasteiger partial charge in [0.2, 0.25) is 0 Å². The minimum absolute atomic E-state index is 0.212. The lowest BCUT2D eigenvalue weighted by atomic mass is 9.77. The van der Waals surface area contributed by atoms with Crippen molar-refractivity contribution in [2.45, 2.75) is 33.1 Å². The average molecular weight is 249 g/mol. The maximum atomic E-state index is 5.96. The fourth-order valence-corrected chi connectivity index (χ4v) is 2.49. The minimum atomic E-state index is 0.212. The van der Waals surface area contributed by atoms with Gasteiger partial charge in [-0.2, -0.15) is 0 Å². The molecule has 2 N–H and O–H groups in total. The van der Waals surface area contributed by atoms with E-state index in [4.69, 9.17) is 15.2 Å². The molecule has 0 spiro atoms. The highest BCUT2D eigenvalue weighted by molar-refractivity contribution is 5.44. The first-order valence-electron chi connectivity index (χ1n) is 6.81. The molecule has 0 bridgehead atoms. The molecule has 1 aliphatic heterocycles. The van der Waals surface area contributed by atoms with Crippen LogP contribution in [0.4, 0.5) is 0 Å². The van der Waals surface area contributed by atoms with E-state index < -0.39 is 0 Å². The molecule has 100 valence electrons. The Morgan fingerprint density at radius 1 is 1.11 bits per heavy atom. The first-order chi connectivity index (χ1) is 8.73. The molecule has 0 atom stereocenters. The summed E-state index contributed by atoms with van der Waals surface area (Å²) in [5, 5.41) is 0. The fraction of sp³-hybridized carbons (Fsp3) is 0.600. The zero-order valence-electron chi connectivity index (χ0n) is 11.4. The van der Waals surface area contributed by atoms with Gasteiger partial charge in [0.05, 0.1) is 0 Å². The molecule has 3 heteroatoms. The first-order valence-corrected chi connectivity index (χ1v) is 6.81. The average Bonchev–Trinajstić information content (AvgIpc) is 2.45. The molecule has 1 aromatic rings. The monoisotopic (exact) mass is 249 g/mol. The lowest BCUT2D eigenvalue weighted by Crippen LogP contribution is -2.31. The van der Waals surface area contributed by atoms with Crippen LogP contribution in [0, 0.1) is 5.41 Å². The van der Waals surface area contributed by atoms with Crippen LogP contribution in [0.1, 0.15) is 32.3 Å². The van der Waals surface area contributed by atoms with E-state index in [1.54, 1.807) is 0 Å². The van der Waals surface area contributed by atoms with Crippen molar-refractivity contribution in [3.8, 4) is 11.5 Å². The van der Waals surface area contributed by atoms with E-state index >= 15 is 0 Å². The van der Waals surface area contributed by atoms with E-state index in [2.05, 4.69) is 26.0 Å². The Kier molecular flexibility index (Phi) is 4.12. The number of fused-ring (bicyclic) bond motifs is 1. The zero-order chi connectivity index (χ0) is 13.0. The van der Waals surface area contributed by atoms with Crippen LogP contribution in [0.5, 0.6) is 11.5 Å². The molecule has 0 amide bonds. The topological polar surface area (TPSA) is 44.5 Å². The quantitative estimate of drug-likeness (QED) is 0.872. The van der Waals surface area contributed by atoms with Gasteiger partial charge in [-0.3, -0.25) is 0 Å². The first kappa shape index (κ1) is 13.2. The summed E-state index contributed by atoms with van der Waals surface area (Å²) in [6.45, 7) is 6.44. The number of rotatable bonds is 5. The Morgan fingerprint density at radius 3 is 2.39 bits per heavy atom. The van der Waals surface area contributed by atoms with Crippen LogP contribution in [0.15, 0.2) is 18.2 Å². The number of benzene rings is 1. The molecule has 2 rings (SSSR count). The van der Waals surface area contributed by atoms with Crippen LogP contribution in [-0.2, 0) is 6.42 Å². The third-order valence-electron chi connectivity index (χ3n) is 4.12. The van der Waals surface area contributed by atoms with Gasteiger partial charge in [-0.05, 0) is 48.9 Å². The molecule has 3 nitrogen and oxygen atoms in total. The Bertz CT molecular complexity index is 391. The maximum Gasteiger partial charge on any atom is 0.161 e. The Hall–Kier alpha value is -1.22. The predicted octanol–water partition coefficient (Wildman–Crippen LogP) is 2.77. The summed E-state index contributed by atoms with van der Waals surface area (Å²) in [7, 11) is 0. The largest absolute Gasteiger partial charge is 0.486 e. The highest BCUT2D eigenvalue weighted by atomic mass is 16.6. The third-order valence-corrected chi connectivity index (χ3v) is 4.12. The molecule has 0 radical (unpaired) electrons. The van der Waals surface area contributed by atoms with Gasteiger partial charge in [0.1, 0.15) is 13.2 Å². The molecule has 1 aromatic carbocycles. The lowest BCUT2D eigenvalue weighted by Gasteiger charge is -2.30. The van der Waals surface area contributed by atoms with Crippen molar-refractivity contribution in [1.82, 2.24) is 0 Å². The van der Waals surface area contributed by atoms with Crippen molar-refractivity contribution in [3.05, 3.63) is 23.8 Å². The number of hydrogen-bond acceptors (Lipinski definition) is 3. The summed E-state index contributed by atoms with van der Waals surface area (Å²) in [6, 6.07) is 6.24. The van der Waals surface area contributed by atoms with E-state index in [0.29, 0.717) is 13.2 Å². The molecule has 18 heavy (non-hydrogen) atoms. The Balaban J connectivity index is 2.18. The molecule has 0 unspecified atom stereocenters. The SMILES string of the molecule is CCC(CC)(CN)Cc1ccc2c(c1)OCCO2. The van der Waals surface area contributed by atoms with Gasteiger partial charge in [-0.1, -0.05) is 19.9 Å². The number of ether oxygens (including phenoxy) is 2. The predicted molar refractivity (Wildman–Crippen MR) is 73.2 cm³/mol. The van der Waals surface area contributed by atoms with Gasteiger partial charge >= 0.3 is 0 Å². The van der Waals surface area contributed by atoms with Gasteiger partial charge in [0.25, 0.3) is 0 Å². The molecule has 0 fully saturated rings. The summed E-state index contributed by atoms with van der Waals surface area (Å²) < 4.78 is 11.2. The third kappa shape index (κ3) is 2.61. The van der Waals surface area contributed by atoms with Crippen molar-refractivity contribution in [1.29, 1.82) is 0 Å². The summed E-state index contributed by atoms with van der Waals surface area (Å²) in [5.74, 6) is 1.73. The Labute approximate surface area is 109 Å². The molecule has 0 aliphatic carbocycles. The summed E-state index contributed by atoms with van der Waals surface area (Å²) in [4.78, 5) is 0. The van der Waals surface area contributed by atoms with Crippen molar-refractivity contribution >= 4 is 0 Å². The molecule has 0 saturated heterocycles. The van der Waals surface area contributed by atoms with E-state index in [1.165, 1.54) is 5.56 Å². The second kappa shape index (κ2) is 5.61. The second-order valence-electron chi connectivity index (χ2n) is 5.07. The van der Waals surface area contributed by atoms with E-state index in [-0.39, 0.29) is 5.41 Å². The molecule has 0 aromatic heterocycles. The van der Waals surface area contributed by atoms with Crippen LogP contribution in [-0.4, -0.2) is 19.8 Å². The highest BCUT2D eigenvalue weighted by Gasteiger charge is 2.25. The molecule has 1 aliphatic rings. The maximum absolute atomic E-state index is 5.96. The molecule has 0 saturated carbocycles. The van der Waals surface area contributed by atoms with E-state index in [0.717, 1.165) is 37.3 Å². The normalized spacial score (nSPS) is 14.6. The zero-order valence-corrected chi connectivity index (χ0v) is 11.4. The van der Waals surface area contributed by atoms with E-state index in [9.17, 15) is 0 Å². The van der Waals surface area contributed by atoms with E-state index in [1.807, 2.05) is 6.07 Å². The molecular formula is C15H23NO2. The van der Waals surface area contributed by atoms with Crippen molar-refractivity contribution in [3.63, 3.8) is 0 Å². The highest BCUT2D eigenvalue weighted by Crippen LogP contribution is 2.35. The summed E-state index contributed by atoms with van der Waals surface area (Å²) in [5.41, 5.74) is 7.46. The lowest BCUT2D eigenvalue weighted by molar-refractivity contribution is 0.171. The number of hydrogen-bond donors (Lipinski definition) is 1. The fourth-order valence-electron chi connectivity index (χ4n) is 2.49. The van der Waals surface area contributed by atoms with Gasteiger partial charge < -0.3 is 15.2 Å². The molecule has 1 heterocycles. The Morgan fingerprint density at radius 2 is 1.78 bits per heavy atom. The molecular weight excluding hydrogens is 226 g/mol. The second-order valence-corrected chi connectivity index (χ2v) is 5.07. The van der Waals surface area contributed by atoms with Gasteiger partial charge in [-0.25, -0.2) is 0 Å². The van der Waals surface area contributed by atoms with Crippen LogP contribution < -0.4 is 15.2 Å². The standard InChI is InChI=1S/C15H23NO2/c1-3-15(4-2,11-16)10-12-5-6-13-14(9-12)18-8-7-17-13/h5-6,9H,3-4,7-8,10-11,16H2,1-2H3. The summed E-state index contributed by atoms with van der Waals surface area (Å²) in [6.07, 6.45) is 3.22. The summed E-state index contributed by atoms with van der Waals surface area (Å²) >= 11 is 0. The van der Waals surface area contributed by atoms with Crippen molar-refractivity contribution in [2.75, 3.05) is 19.8 Å². The van der Waals surface area contributed by atoms with Gasteiger partial charge in [-0.15, -0.1) is 0 Å². The number of nitrogens with two attached hydrogens (primary N) is 1. The van der Waals surface area contributed by atoms with Crippen LogP contribution in [0.25, 0.3) is 0 Å². The minimum Gasteiger partial charge on any atom is -0.486 e. The van der Waals surface area contributed by atoms with Gasteiger partial charge in [0.15, 0.2) is 11.5 Å². The van der Waals surface area contributed by atoms with Crippen LogP contribution in [0.2, 0.25) is 0 Å². The van der Waals surface area contributed by atoms with Crippen LogP contribution in [0.3, 0.4) is 0 Å². The van der Waals surface area contributed by atoms with Crippen molar-refractivity contribution in [2.24, 2.45) is 11.1 Å². The van der Waals surface area contributed by atoms with Crippen molar-refractivity contribution < 1.29 is 9.47 Å². The smallest absolute Gasteiger partial charge is 0.161 e.